The molecule has 4 heteroatoms. The predicted octanol–water partition coefficient (Wildman–Crippen LogP) is 3.39. The molecular formula is C21H25NO3. The molecule has 1 aliphatic carbocycles. The summed E-state index contributed by atoms with van der Waals surface area (Å²) in [4.78, 5) is 12.5. The Morgan fingerprint density at radius 2 is 1.68 bits per heavy atom. The highest BCUT2D eigenvalue weighted by molar-refractivity contribution is 5.94. The average molecular weight is 339 g/mol. The largest absolute Gasteiger partial charge is 0.491 e. The summed E-state index contributed by atoms with van der Waals surface area (Å²) in [6.07, 6.45) is 1.76. The maximum Gasteiger partial charge on any atom is 0.251 e. The molecule has 0 fully saturated rings. The molecule has 25 heavy (non-hydrogen) atoms. The smallest absolute Gasteiger partial charge is 0.251 e. The fraction of sp³-hybridized carbons (Fsp3) is 0.381. The van der Waals surface area contributed by atoms with Gasteiger partial charge >= 0.3 is 0 Å². The molecule has 0 saturated heterocycles. The number of ether oxygens (including phenoxy) is 2. The Labute approximate surface area is 149 Å². The Balaban J connectivity index is 1.62. The Morgan fingerprint density at radius 3 is 2.20 bits per heavy atom. The van der Waals surface area contributed by atoms with Crippen molar-refractivity contribution in [3.63, 3.8) is 0 Å². The van der Waals surface area contributed by atoms with Crippen LogP contribution in [0.3, 0.4) is 0 Å². The second-order valence-corrected chi connectivity index (χ2v) is 6.88. The van der Waals surface area contributed by atoms with Crippen LogP contribution in [0.5, 0.6) is 5.75 Å². The first-order valence-electron chi connectivity index (χ1n) is 8.68. The summed E-state index contributed by atoms with van der Waals surface area (Å²) in [7, 11) is 1.72. The molecule has 4 nitrogen and oxygen atoms in total. The summed E-state index contributed by atoms with van der Waals surface area (Å²) in [5, 5.41) is 3.02. The second-order valence-electron chi connectivity index (χ2n) is 6.88. The van der Waals surface area contributed by atoms with Crippen LogP contribution in [0.25, 0.3) is 0 Å². The summed E-state index contributed by atoms with van der Waals surface area (Å²) < 4.78 is 11.4. The van der Waals surface area contributed by atoms with Gasteiger partial charge in [-0.25, -0.2) is 0 Å². The van der Waals surface area contributed by atoms with Crippen molar-refractivity contribution in [2.24, 2.45) is 0 Å². The SMILES string of the molecule is COC1(CNC(=O)c2ccc(OC(C)C)cc2)Cc2ccccc2C1. The van der Waals surface area contributed by atoms with Gasteiger partial charge in [-0.2, -0.15) is 0 Å². The van der Waals surface area contributed by atoms with Crippen LogP contribution >= 0.6 is 0 Å². The van der Waals surface area contributed by atoms with Gasteiger partial charge in [0.25, 0.3) is 5.91 Å². The molecule has 0 saturated carbocycles. The zero-order valence-corrected chi connectivity index (χ0v) is 15.0. The van der Waals surface area contributed by atoms with Crippen molar-refractivity contribution < 1.29 is 14.3 Å². The molecule has 2 aromatic carbocycles. The number of fused-ring (bicyclic) bond motifs is 1. The molecule has 0 atom stereocenters. The van der Waals surface area contributed by atoms with Crippen molar-refractivity contribution in [2.75, 3.05) is 13.7 Å². The third-order valence-electron chi connectivity index (χ3n) is 4.64. The molecule has 2 aromatic rings. The molecule has 1 amide bonds. The number of hydrogen-bond acceptors (Lipinski definition) is 3. The van der Waals surface area contributed by atoms with Crippen LogP contribution in [0.1, 0.15) is 35.3 Å². The van der Waals surface area contributed by atoms with Gasteiger partial charge in [0.1, 0.15) is 5.75 Å². The van der Waals surface area contributed by atoms with Gasteiger partial charge in [0, 0.05) is 32.1 Å². The fourth-order valence-electron chi connectivity index (χ4n) is 3.30. The molecule has 0 radical (unpaired) electrons. The molecule has 1 aliphatic rings. The predicted molar refractivity (Wildman–Crippen MR) is 98.1 cm³/mol. The maximum atomic E-state index is 12.5. The van der Waals surface area contributed by atoms with E-state index in [1.807, 2.05) is 38.1 Å². The van der Waals surface area contributed by atoms with Gasteiger partial charge in [0.2, 0.25) is 0 Å². The Kier molecular flexibility index (Phi) is 5.09. The van der Waals surface area contributed by atoms with Crippen molar-refractivity contribution in [3.05, 3.63) is 65.2 Å². The molecule has 0 spiro atoms. The molecule has 1 N–H and O–H groups in total. The summed E-state index contributed by atoms with van der Waals surface area (Å²) in [5.41, 5.74) is 2.86. The van der Waals surface area contributed by atoms with Crippen LogP contribution in [-0.4, -0.2) is 31.3 Å². The lowest BCUT2D eigenvalue weighted by Gasteiger charge is -2.27. The van der Waals surface area contributed by atoms with Crippen LogP contribution in [0, 0.1) is 0 Å². The zero-order valence-electron chi connectivity index (χ0n) is 15.0. The van der Waals surface area contributed by atoms with E-state index < -0.39 is 0 Å². The minimum absolute atomic E-state index is 0.0940. The summed E-state index contributed by atoms with van der Waals surface area (Å²) in [6, 6.07) is 15.6. The quantitative estimate of drug-likeness (QED) is 0.877. The number of carbonyl (C=O) groups excluding carboxylic acids is 1. The van der Waals surface area contributed by atoms with Gasteiger partial charge in [0.05, 0.1) is 11.7 Å². The van der Waals surface area contributed by atoms with E-state index in [4.69, 9.17) is 9.47 Å². The maximum absolute atomic E-state index is 12.5. The van der Waals surface area contributed by atoms with Gasteiger partial charge in [-0.05, 0) is 49.2 Å². The van der Waals surface area contributed by atoms with E-state index in [2.05, 4.69) is 17.4 Å². The van der Waals surface area contributed by atoms with Crippen LogP contribution in [0.2, 0.25) is 0 Å². The number of benzene rings is 2. The van der Waals surface area contributed by atoms with Gasteiger partial charge in [-0.3, -0.25) is 4.79 Å². The van der Waals surface area contributed by atoms with Gasteiger partial charge in [0.15, 0.2) is 0 Å². The molecule has 0 aromatic heterocycles. The summed E-state index contributed by atoms with van der Waals surface area (Å²) in [6.45, 7) is 4.44. The first-order chi connectivity index (χ1) is 12.0. The molecule has 0 unspecified atom stereocenters. The van der Waals surface area contributed by atoms with E-state index >= 15 is 0 Å². The first kappa shape index (κ1) is 17.5. The fourth-order valence-corrected chi connectivity index (χ4v) is 3.30. The van der Waals surface area contributed by atoms with Gasteiger partial charge < -0.3 is 14.8 Å². The standard InChI is InChI=1S/C21H25NO3/c1-15(2)25-19-10-8-16(9-11-19)20(23)22-14-21(24-3)12-17-6-4-5-7-18(17)13-21/h4-11,15H,12-14H2,1-3H3,(H,22,23). The van der Waals surface area contributed by atoms with E-state index in [-0.39, 0.29) is 17.6 Å². The number of methoxy groups -OCH3 is 1. The third kappa shape index (κ3) is 4.02. The summed E-state index contributed by atoms with van der Waals surface area (Å²) in [5.74, 6) is 0.676. The first-order valence-corrected chi connectivity index (χ1v) is 8.68. The number of hydrogen-bond donors (Lipinski definition) is 1. The van der Waals surface area contributed by atoms with E-state index in [1.165, 1.54) is 11.1 Å². The van der Waals surface area contributed by atoms with Crippen LogP contribution < -0.4 is 10.1 Å². The lowest BCUT2D eigenvalue weighted by Crippen LogP contribution is -2.45. The van der Waals surface area contributed by atoms with E-state index in [1.54, 1.807) is 19.2 Å². The zero-order chi connectivity index (χ0) is 17.9. The molecule has 0 aliphatic heterocycles. The lowest BCUT2D eigenvalue weighted by molar-refractivity contribution is 0.000175. The molecular weight excluding hydrogens is 314 g/mol. The highest BCUT2D eigenvalue weighted by Crippen LogP contribution is 2.32. The average Bonchev–Trinajstić information content (AvgIpc) is 2.99. The van der Waals surface area contributed by atoms with Gasteiger partial charge in [-0.1, -0.05) is 24.3 Å². The number of nitrogens with one attached hydrogen (secondary N) is 1. The topological polar surface area (TPSA) is 47.6 Å². The Bertz CT molecular complexity index is 712. The Morgan fingerprint density at radius 1 is 1.08 bits per heavy atom. The molecule has 132 valence electrons. The minimum Gasteiger partial charge on any atom is -0.491 e. The highest BCUT2D eigenvalue weighted by atomic mass is 16.5. The lowest BCUT2D eigenvalue weighted by atomic mass is 10.00. The minimum atomic E-state index is -0.361. The Hall–Kier alpha value is -2.33. The van der Waals surface area contributed by atoms with Crippen molar-refractivity contribution in [1.82, 2.24) is 5.32 Å². The van der Waals surface area contributed by atoms with E-state index in [0.29, 0.717) is 12.1 Å². The molecule has 3 rings (SSSR count). The monoisotopic (exact) mass is 339 g/mol. The van der Waals surface area contributed by atoms with E-state index in [9.17, 15) is 4.79 Å². The molecule has 0 heterocycles. The number of carbonyl (C=O) groups is 1. The van der Waals surface area contributed by atoms with E-state index in [0.717, 1.165) is 18.6 Å². The van der Waals surface area contributed by atoms with Crippen molar-refractivity contribution in [2.45, 2.75) is 38.4 Å². The summed E-state index contributed by atoms with van der Waals surface area (Å²) >= 11 is 0. The van der Waals surface area contributed by atoms with Crippen LogP contribution in [-0.2, 0) is 17.6 Å². The second kappa shape index (κ2) is 7.28. The van der Waals surface area contributed by atoms with Crippen LogP contribution in [0.4, 0.5) is 0 Å². The highest BCUT2D eigenvalue weighted by Gasteiger charge is 2.37. The van der Waals surface area contributed by atoms with Crippen LogP contribution in [0.15, 0.2) is 48.5 Å². The van der Waals surface area contributed by atoms with Gasteiger partial charge in [-0.15, -0.1) is 0 Å². The molecule has 0 bridgehead atoms. The number of rotatable bonds is 6. The van der Waals surface area contributed by atoms with Crippen molar-refractivity contribution in [1.29, 1.82) is 0 Å². The van der Waals surface area contributed by atoms with Crippen molar-refractivity contribution in [3.8, 4) is 5.75 Å². The third-order valence-corrected chi connectivity index (χ3v) is 4.64. The number of amides is 1. The normalized spacial score (nSPS) is 15.0. The van der Waals surface area contributed by atoms with Crippen molar-refractivity contribution >= 4 is 5.91 Å².